The van der Waals surface area contributed by atoms with Crippen molar-refractivity contribution in [3.05, 3.63) is 47.2 Å². The molecule has 0 aliphatic heterocycles. The Morgan fingerprint density at radius 3 is 2.00 bits per heavy atom. The summed E-state index contributed by atoms with van der Waals surface area (Å²) < 4.78 is 5.47. The highest BCUT2D eigenvalue weighted by Crippen LogP contribution is 2.23. The fraction of sp³-hybridized carbons (Fsp3) is 0.231. The van der Waals surface area contributed by atoms with Crippen LogP contribution in [0.4, 0.5) is 0 Å². The minimum atomic E-state index is 0.743. The molecule has 2 rings (SSSR count). The normalized spacial score (nSPS) is 9.33. The Morgan fingerprint density at radius 2 is 1.53 bits per heavy atom. The van der Waals surface area contributed by atoms with Gasteiger partial charge in [-0.25, -0.2) is 0 Å². The van der Waals surface area contributed by atoms with Crippen LogP contribution in [0.5, 0.6) is 0 Å². The fourth-order valence-corrected chi connectivity index (χ4v) is 1.33. The van der Waals surface area contributed by atoms with Crippen molar-refractivity contribution >= 4 is 11.6 Å². The Balaban J connectivity index is 0.000000531. The molecule has 1 heterocycles. The maximum Gasteiger partial charge on any atom is 0.134 e. The number of halogens is 1. The minimum Gasteiger partial charge on any atom is -0.461 e. The summed E-state index contributed by atoms with van der Waals surface area (Å²) in [6, 6.07) is 11.5. The summed E-state index contributed by atoms with van der Waals surface area (Å²) in [4.78, 5) is 0. The van der Waals surface area contributed by atoms with E-state index in [0.29, 0.717) is 0 Å². The number of hydrogen-bond donors (Lipinski definition) is 0. The average Bonchev–Trinajstić information content (AvgIpc) is 2.69. The second kappa shape index (κ2) is 5.62. The van der Waals surface area contributed by atoms with Gasteiger partial charge in [0.15, 0.2) is 0 Å². The van der Waals surface area contributed by atoms with Gasteiger partial charge < -0.3 is 4.42 Å². The zero-order chi connectivity index (χ0) is 11.3. The first kappa shape index (κ1) is 11.9. The lowest BCUT2D eigenvalue weighted by Gasteiger charge is -1.95. The van der Waals surface area contributed by atoms with Crippen LogP contribution in [0.1, 0.15) is 19.6 Å². The van der Waals surface area contributed by atoms with E-state index in [9.17, 15) is 0 Å². The van der Waals surface area contributed by atoms with Gasteiger partial charge in [-0.05, 0) is 43.3 Å². The average molecular weight is 223 g/mol. The van der Waals surface area contributed by atoms with Crippen LogP contribution in [0, 0.1) is 6.92 Å². The van der Waals surface area contributed by atoms with Gasteiger partial charge in [0, 0.05) is 10.6 Å². The molecule has 0 radical (unpaired) electrons. The fourth-order valence-electron chi connectivity index (χ4n) is 1.20. The van der Waals surface area contributed by atoms with E-state index in [-0.39, 0.29) is 0 Å². The third-order valence-electron chi connectivity index (χ3n) is 1.87. The van der Waals surface area contributed by atoms with E-state index in [4.69, 9.17) is 16.0 Å². The molecule has 1 nitrogen and oxygen atoms in total. The van der Waals surface area contributed by atoms with Crippen molar-refractivity contribution in [3.8, 4) is 11.3 Å². The Kier molecular flexibility index (Phi) is 4.44. The molecule has 0 amide bonds. The largest absolute Gasteiger partial charge is 0.461 e. The first-order chi connectivity index (χ1) is 7.25. The van der Waals surface area contributed by atoms with Crippen molar-refractivity contribution in [2.45, 2.75) is 20.8 Å². The molecule has 0 atom stereocenters. The van der Waals surface area contributed by atoms with Crippen LogP contribution in [0.3, 0.4) is 0 Å². The molecule has 0 aliphatic rings. The lowest BCUT2D eigenvalue weighted by Crippen LogP contribution is -1.71. The standard InChI is InChI=1S/C11H9ClO.C2H6/c1-8-2-7-11(13-8)9-3-5-10(12)6-4-9;1-2/h2-7H,1H3;1-2H3. The molecule has 0 fully saturated rings. The molecule has 0 saturated heterocycles. The highest BCUT2D eigenvalue weighted by atomic mass is 35.5. The highest BCUT2D eigenvalue weighted by Gasteiger charge is 2.00. The maximum absolute atomic E-state index is 5.77. The van der Waals surface area contributed by atoms with E-state index in [1.165, 1.54) is 0 Å². The summed E-state index contributed by atoms with van der Waals surface area (Å²) in [7, 11) is 0. The topological polar surface area (TPSA) is 13.1 Å². The lowest BCUT2D eigenvalue weighted by atomic mass is 10.2. The van der Waals surface area contributed by atoms with Gasteiger partial charge in [0.05, 0.1) is 0 Å². The Morgan fingerprint density at radius 1 is 0.933 bits per heavy atom. The van der Waals surface area contributed by atoms with Gasteiger partial charge in [0.1, 0.15) is 11.5 Å². The molecule has 2 aromatic rings. The summed E-state index contributed by atoms with van der Waals surface area (Å²) in [5.74, 6) is 1.80. The van der Waals surface area contributed by atoms with Crippen LogP contribution in [0.2, 0.25) is 5.02 Å². The van der Waals surface area contributed by atoms with Crippen LogP contribution < -0.4 is 0 Å². The van der Waals surface area contributed by atoms with Gasteiger partial charge >= 0.3 is 0 Å². The number of rotatable bonds is 1. The van der Waals surface area contributed by atoms with Crippen molar-refractivity contribution in [1.82, 2.24) is 0 Å². The van der Waals surface area contributed by atoms with E-state index < -0.39 is 0 Å². The molecule has 0 unspecified atom stereocenters. The lowest BCUT2D eigenvalue weighted by molar-refractivity contribution is 0.548. The predicted molar refractivity (Wildman–Crippen MR) is 65.2 cm³/mol. The number of benzene rings is 1. The molecule has 0 spiro atoms. The van der Waals surface area contributed by atoms with E-state index in [0.717, 1.165) is 22.1 Å². The van der Waals surface area contributed by atoms with Gasteiger partial charge in [-0.1, -0.05) is 25.4 Å². The zero-order valence-electron chi connectivity index (χ0n) is 9.25. The quantitative estimate of drug-likeness (QED) is 0.667. The summed E-state index contributed by atoms with van der Waals surface area (Å²) >= 11 is 5.77. The second-order valence-corrected chi connectivity index (χ2v) is 3.35. The zero-order valence-corrected chi connectivity index (χ0v) is 10.0. The van der Waals surface area contributed by atoms with Gasteiger partial charge in [-0.2, -0.15) is 0 Å². The van der Waals surface area contributed by atoms with Crippen LogP contribution in [0.15, 0.2) is 40.8 Å². The predicted octanol–water partition coefficient (Wildman–Crippen LogP) is 4.93. The Hall–Kier alpha value is -1.21. The smallest absolute Gasteiger partial charge is 0.134 e. The SMILES string of the molecule is CC.Cc1ccc(-c2ccc(Cl)cc2)o1. The van der Waals surface area contributed by atoms with Crippen molar-refractivity contribution < 1.29 is 4.42 Å². The molecule has 1 aromatic carbocycles. The molecular weight excluding hydrogens is 208 g/mol. The molecule has 15 heavy (non-hydrogen) atoms. The van der Waals surface area contributed by atoms with Crippen LogP contribution in [0.25, 0.3) is 11.3 Å². The molecule has 0 bridgehead atoms. The first-order valence-electron chi connectivity index (χ1n) is 5.08. The summed E-state index contributed by atoms with van der Waals surface area (Å²) in [5.41, 5.74) is 1.05. The minimum absolute atomic E-state index is 0.743. The van der Waals surface area contributed by atoms with E-state index in [1.54, 1.807) is 0 Å². The van der Waals surface area contributed by atoms with Crippen molar-refractivity contribution in [2.75, 3.05) is 0 Å². The Bertz CT molecular complexity index is 401. The van der Waals surface area contributed by atoms with Crippen molar-refractivity contribution in [2.24, 2.45) is 0 Å². The third-order valence-corrected chi connectivity index (χ3v) is 2.12. The van der Waals surface area contributed by atoms with E-state index >= 15 is 0 Å². The molecule has 0 N–H and O–H groups in total. The van der Waals surface area contributed by atoms with Gasteiger partial charge in [-0.15, -0.1) is 0 Å². The monoisotopic (exact) mass is 222 g/mol. The number of aryl methyl sites for hydroxylation is 1. The van der Waals surface area contributed by atoms with Crippen molar-refractivity contribution in [1.29, 1.82) is 0 Å². The van der Waals surface area contributed by atoms with E-state index in [2.05, 4.69) is 0 Å². The maximum atomic E-state index is 5.77. The molecule has 80 valence electrons. The highest BCUT2D eigenvalue weighted by molar-refractivity contribution is 6.30. The molecule has 0 saturated carbocycles. The number of hydrogen-bond acceptors (Lipinski definition) is 1. The molecule has 2 heteroatoms. The summed E-state index contributed by atoms with van der Waals surface area (Å²) in [6.07, 6.45) is 0. The van der Waals surface area contributed by atoms with Crippen LogP contribution in [-0.2, 0) is 0 Å². The van der Waals surface area contributed by atoms with Gasteiger partial charge in [0.25, 0.3) is 0 Å². The first-order valence-corrected chi connectivity index (χ1v) is 5.46. The van der Waals surface area contributed by atoms with Crippen LogP contribution >= 0.6 is 11.6 Å². The molecule has 0 aliphatic carbocycles. The molecular formula is C13H15ClO. The number of furan rings is 1. The third kappa shape index (κ3) is 3.14. The second-order valence-electron chi connectivity index (χ2n) is 2.92. The van der Waals surface area contributed by atoms with Gasteiger partial charge in [0.2, 0.25) is 0 Å². The van der Waals surface area contributed by atoms with Gasteiger partial charge in [-0.3, -0.25) is 0 Å². The van der Waals surface area contributed by atoms with E-state index in [1.807, 2.05) is 57.2 Å². The molecule has 1 aromatic heterocycles. The summed E-state index contributed by atoms with van der Waals surface area (Å²) in [6.45, 7) is 5.93. The summed E-state index contributed by atoms with van der Waals surface area (Å²) in [5, 5.41) is 0.743. The Labute approximate surface area is 95.7 Å². The van der Waals surface area contributed by atoms with Crippen molar-refractivity contribution in [3.63, 3.8) is 0 Å². The van der Waals surface area contributed by atoms with Crippen LogP contribution in [-0.4, -0.2) is 0 Å².